The van der Waals surface area contributed by atoms with E-state index in [0.29, 0.717) is 17.6 Å². The summed E-state index contributed by atoms with van der Waals surface area (Å²) in [7, 11) is 0. The standard InChI is InChI=1S/C16H25N3O2S/c1-11-7-5-6-8-19(11)13(20)9-12-10-22-15(17-12)18-14(21)16(2,3)4/h10-11H,5-9H2,1-4H3,(H,17,18,21). The predicted octanol–water partition coefficient (Wildman–Crippen LogP) is 3.07. The fourth-order valence-electron chi connectivity index (χ4n) is 2.46. The van der Waals surface area contributed by atoms with Crippen molar-refractivity contribution in [1.82, 2.24) is 9.88 Å². The van der Waals surface area contributed by atoms with E-state index < -0.39 is 5.41 Å². The maximum absolute atomic E-state index is 12.4. The Labute approximate surface area is 136 Å². The van der Waals surface area contributed by atoms with Crippen LogP contribution in [0.15, 0.2) is 5.38 Å². The molecule has 1 N–H and O–H groups in total. The Morgan fingerprint density at radius 2 is 2.14 bits per heavy atom. The van der Waals surface area contributed by atoms with Crippen molar-refractivity contribution in [3.63, 3.8) is 0 Å². The van der Waals surface area contributed by atoms with Crippen molar-refractivity contribution in [2.75, 3.05) is 11.9 Å². The topological polar surface area (TPSA) is 62.3 Å². The minimum absolute atomic E-state index is 0.0654. The highest BCUT2D eigenvalue weighted by Gasteiger charge is 2.25. The first-order valence-corrected chi connectivity index (χ1v) is 8.70. The molecule has 22 heavy (non-hydrogen) atoms. The molecule has 6 heteroatoms. The van der Waals surface area contributed by atoms with Crippen LogP contribution in [-0.2, 0) is 16.0 Å². The fourth-order valence-corrected chi connectivity index (χ4v) is 3.16. The summed E-state index contributed by atoms with van der Waals surface area (Å²) in [6, 6.07) is 0.319. The lowest BCUT2D eigenvalue weighted by atomic mass is 9.96. The Morgan fingerprint density at radius 3 is 2.77 bits per heavy atom. The summed E-state index contributed by atoms with van der Waals surface area (Å²) in [6.45, 7) is 8.53. The molecule has 1 fully saturated rings. The lowest BCUT2D eigenvalue weighted by Crippen LogP contribution is -2.42. The zero-order valence-electron chi connectivity index (χ0n) is 13.8. The van der Waals surface area contributed by atoms with Crippen molar-refractivity contribution in [3.8, 4) is 0 Å². The van der Waals surface area contributed by atoms with E-state index in [-0.39, 0.29) is 11.8 Å². The van der Waals surface area contributed by atoms with Crippen LogP contribution < -0.4 is 5.32 Å². The smallest absolute Gasteiger partial charge is 0.231 e. The zero-order valence-corrected chi connectivity index (χ0v) is 14.6. The zero-order chi connectivity index (χ0) is 16.3. The fraction of sp³-hybridized carbons (Fsp3) is 0.688. The molecule has 0 saturated carbocycles. The van der Waals surface area contributed by atoms with Crippen LogP contribution in [0.3, 0.4) is 0 Å². The lowest BCUT2D eigenvalue weighted by molar-refractivity contribution is -0.133. The number of hydrogen-bond donors (Lipinski definition) is 1. The van der Waals surface area contributed by atoms with Crippen LogP contribution in [0, 0.1) is 5.41 Å². The van der Waals surface area contributed by atoms with Crippen molar-refractivity contribution in [2.24, 2.45) is 5.41 Å². The number of nitrogens with zero attached hydrogens (tertiary/aromatic N) is 2. The number of carbonyl (C=O) groups is 2. The van der Waals surface area contributed by atoms with Gasteiger partial charge in [-0.1, -0.05) is 20.8 Å². The first-order chi connectivity index (χ1) is 10.3. The number of carbonyl (C=O) groups excluding carboxylic acids is 2. The molecule has 2 heterocycles. The molecule has 0 spiro atoms. The number of anilines is 1. The monoisotopic (exact) mass is 323 g/mol. The van der Waals surface area contributed by atoms with Gasteiger partial charge >= 0.3 is 0 Å². The molecule has 2 amide bonds. The Balaban J connectivity index is 1.94. The first kappa shape index (κ1) is 16.9. The summed E-state index contributed by atoms with van der Waals surface area (Å²) in [6.07, 6.45) is 3.67. The van der Waals surface area contributed by atoms with E-state index in [0.717, 1.165) is 25.1 Å². The van der Waals surface area contributed by atoms with E-state index in [9.17, 15) is 9.59 Å². The number of thiazole rings is 1. The lowest BCUT2D eigenvalue weighted by Gasteiger charge is -2.33. The summed E-state index contributed by atoms with van der Waals surface area (Å²) in [5.41, 5.74) is 0.280. The van der Waals surface area contributed by atoms with Crippen LogP contribution in [0.5, 0.6) is 0 Å². The largest absolute Gasteiger partial charge is 0.340 e. The van der Waals surface area contributed by atoms with E-state index in [1.54, 1.807) is 0 Å². The Bertz CT molecular complexity index is 548. The third kappa shape index (κ3) is 4.29. The van der Waals surface area contributed by atoms with Crippen LogP contribution in [0.1, 0.15) is 52.7 Å². The number of aromatic nitrogens is 1. The van der Waals surface area contributed by atoms with Crippen LogP contribution >= 0.6 is 11.3 Å². The van der Waals surface area contributed by atoms with E-state index in [2.05, 4.69) is 17.2 Å². The van der Waals surface area contributed by atoms with Crippen LogP contribution in [0.4, 0.5) is 5.13 Å². The maximum Gasteiger partial charge on any atom is 0.231 e. The van der Waals surface area contributed by atoms with E-state index in [4.69, 9.17) is 0 Å². The molecule has 0 aromatic carbocycles. The second-order valence-corrected chi connectivity index (χ2v) is 7.81. The van der Waals surface area contributed by atoms with E-state index in [1.165, 1.54) is 17.8 Å². The number of nitrogens with one attached hydrogen (secondary N) is 1. The molecule has 0 radical (unpaired) electrons. The molecule has 1 aromatic rings. The minimum Gasteiger partial charge on any atom is -0.340 e. The van der Waals surface area contributed by atoms with Gasteiger partial charge in [0.05, 0.1) is 12.1 Å². The molecule has 2 rings (SSSR count). The molecule has 1 aromatic heterocycles. The third-order valence-electron chi connectivity index (χ3n) is 3.91. The van der Waals surface area contributed by atoms with Gasteiger partial charge in [0, 0.05) is 23.4 Å². The highest BCUT2D eigenvalue weighted by molar-refractivity contribution is 7.13. The summed E-state index contributed by atoms with van der Waals surface area (Å²) >= 11 is 1.37. The first-order valence-electron chi connectivity index (χ1n) is 7.82. The van der Waals surface area contributed by atoms with Gasteiger partial charge in [0.2, 0.25) is 11.8 Å². The summed E-state index contributed by atoms with van der Waals surface area (Å²) in [4.78, 5) is 30.6. The molecule has 0 aliphatic carbocycles. The summed E-state index contributed by atoms with van der Waals surface area (Å²) < 4.78 is 0. The highest BCUT2D eigenvalue weighted by atomic mass is 32.1. The predicted molar refractivity (Wildman–Crippen MR) is 88.9 cm³/mol. The van der Waals surface area contributed by atoms with Gasteiger partial charge in [0.25, 0.3) is 0 Å². The van der Waals surface area contributed by atoms with Gasteiger partial charge in [0.15, 0.2) is 5.13 Å². The number of likely N-dealkylation sites (tertiary alicyclic amines) is 1. The number of amides is 2. The van der Waals surface area contributed by atoms with Crippen molar-refractivity contribution >= 4 is 28.3 Å². The molecule has 1 aliphatic heterocycles. The number of hydrogen-bond acceptors (Lipinski definition) is 4. The van der Waals surface area contributed by atoms with Crippen molar-refractivity contribution in [2.45, 2.75) is 59.4 Å². The van der Waals surface area contributed by atoms with Gasteiger partial charge in [-0.05, 0) is 26.2 Å². The van der Waals surface area contributed by atoms with Crippen molar-refractivity contribution in [1.29, 1.82) is 0 Å². The second kappa shape index (κ2) is 6.77. The molecule has 1 unspecified atom stereocenters. The molecule has 1 aliphatic rings. The van der Waals surface area contributed by atoms with Crippen LogP contribution in [0.25, 0.3) is 0 Å². The van der Waals surface area contributed by atoms with E-state index >= 15 is 0 Å². The molecule has 1 saturated heterocycles. The molecule has 0 bridgehead atoms. The quantitative estimate of drug-likeness (QED) is 0.930. The van der Waals surface area contributed by atoms with Gasteiger partial charge in [-0.25, -0.2) is 4.98 Å². The van der Waals surface area contributed by atoms with Crippen molar-refractivity contribution in [3.05, 3.63) is 11.1 Å². The average Bonchev–Trinajstić information content (AvgIpc) is 2.85. The summed E-state index contributed by atoms with van der Waals surface area (Å²) in [5, 5.41) is 5.22. The van der Waals surface area contributed by atoms with Crippen molar-refractivity contribution < 1.29 is 9.59 Å². The molecule has 1 atom stereocenters. The Hall–Kier alpha value is -1.43. The molecule has 122 valence electrons. The maximum atomic E-state index is 12.4. The molecular weight excluding hydrogens is 298 g/mol. The average molecular weight is 323 g/mol. The van der Waals surface area contributed by atoms with Gasteiger partial charge in [-0.2, -0.15) is 0 Å². The van der Waals surface area contributed by atoms with E-state index in [1.807, 2.05) is 31.1 Å². The Kier molecular flexibility index (Phi) is 5.21. The number of rotatable bonds is 3. The van der Waals surface area contributed by atoms with Gasteiger partial charge in [0.1, 0.15) is 0 Å². The van der Waals surface area contributed by atoms with Gasteiger partial charge in [-0.15, -0.1) is 11.3 Å². The van der Waals surface area contributed by atoms with Gasteiger partial charge < -0.3 is 10.2 Å². The highest BCUT2D eigenvalue weighted by Crippen LogP contribution is 2.22. The SMILES string of the molecule is CC1CCCCN1C(=O)Cc1csc(NC(=O)C(C)(C)C)n1. The summed E-state index contributed by atoms with van der Waals surface area (Å²) in [5.74, 6) is 0.0653. The van der Waals surface area contributed by atoms with Crippen LogP contribution in [0.2, 0.25) is 0 Å². The van der Waals surface area contributed by atoms with Gasteiger partial charge in [-0.3, -0.25) is 9.59 Å². The number of piperidine rings is 1. The second-order valence-electron chi connectivity index (χ2n) is 6.96. The third-order valence-corrected chi connectivity index (χ3v) is 4.72. The molecule has 5 nitrogen and oxygen atoms in total. The Morgan fingerprint density at radius 1 is 1.41 bits per heavy atom. The van der Waals surface area contributed by atoms with Crippen LogP contribution in [-0.4, -0.2) is 34.3 Å². The molecular formula is C16H25N3O2S. The minimum atomic E-state index is -0.453. The normalized spacial score (nSPS) is 19.1.